The molecule has 0 fully saturated rings. The van der Waals surface area contributed by atoms with Gasteiger partial charge in [-0.1, -0.05) is 29.8 Å². The van der Waals surface area contributed by atoms with Crippen LogP contribution < -0.4 is 0 Å². The maximum absolute atomic E-state index is 12.0. The lowest BCUT2D eigenvalue weighted by Gasteiger charge is -2.11. The second-order valence-corrected chi connectivity index (χ2v) is 5.07. The third-order valence-electron chi connectivity index (χ3n) is 3.30. The molecule has 102 valence electrons. The van der Waals surface area contributed by atoms with Gasteiger partial charge in [0.25, 0.3) is 0 Å². The molecule has 0 saturated carbocycles. The van der Waals surface area contributed by atoms with Crippen LogP contribution in [0.2, 0.25) is 0 Å². The summed E-state index contributed by atoms with van der Waals surface area (Å²) < 4.78 is 1.71. The highest BCUT2D eigenvalue weighted by Gasteiger charge is 2.25. The minimum Gasteiger partial charge on any atom is -0.275 e. The van der Waals surface area contributed by atoms with Crippen LogP contribution in [0.3, 0.4) is 0 Å². The largest absolute Gasteiger partial charge is 0.275 e. The zero-order chi connectivity index (χ0) is 14.1. The number of amides is 1. The zero-order valence-electron chi connectivity index (χ0n) is 11.6. The number of hydrogen-bond donors (Lipinski definition) is 0. The van der Waals surface area contributed by atoms with Gasteiger partial charge in [-0.3, -0.25) is 9.48 Å². The lowest BCUT2D eigenvalue weighted by atomic mass is 10.1. The topological polar surface area (TPSA) is 50.5 Å². The highest BCUT2D eigenvalue weighted by molar-refractivity contribution is 6.13. The maximum Gasteiger partial charge on any atom is 0.249 e. The number of nitrogens with zero attached hydrogens (tertiary/aromatic N) is 4. The molecule has 0 atom stereocenters. The fourth-order valence-electron chi connectivity index (χ4n) is 2.31. The van der Waals surface area contributed by atoms with E-state index in [-0.39, 0.29) is 5.91 Å². The molecule has 0 N–H and O–H groups in total. The van der Waals surface area contributed by atoms with E-state index in [2.05, 4.69) is 16.3 Å². The summed E-state index contributed by atoms with van der Waals surface area (Å²) in [5.41, 5.74) is 3.98. The Labute approximate surface area is 117 Å². The summed E-state index contributed by atoms with van der Waals surface area (Å²) in [6, 6.07) is 8.12. The van der Waals surface area contributed by atoms with Gasteiger partial charge in [0.05, 0.1) is 24.9 Å². The van der Waals surface area contributed by atoms with Gasteiger partial charge in [-0.15, -0.1) is 0 Å². The molecule has 1 aromatic carbocycles. The Morgan fingerprint density at radius 1 is 1.35 bits per heavy atom. The Balaban J connectivity index is 1.80. The molecule has 2 heterocycles. The van der Waals surface area contributed by atoms with Crippen molar-refractivity contribution in [3.8, 4) is 0 Å². The van der Waals surface area contributed by atoms with Gasteiger partial charge in [-0.2, -0.15) is 10.2 Å². The Bertz CT molecular complexity index is 687. The van der Waals surface area contributed by atoms with Gasteiger partial charge in [0.2, 0.25) is 5.91 Å². The van der Waals surface area contributed by atoms with Crippen molar-refractivity contribution in [1.29, 1.82) is 0 Å². The van der Waals surface area contributed by atoms with E-state index in [1.54, 1.807) is 10.9 Å². The van der Waals surface area contributed by atoms with Crippen molar-refractivity contribution in [2.24, 2.45) is 12.1 Å². The molecule has 1 amide bonds. The van der Waals surface area contributed by atoms with E-state index in [1.165, 1.54) is 10.6 Å². The van der Waals surface area contributed by atoms with Crippen LogP contribution in [0.15, 0.2) is 41.8 Å². The molecule has 0 saturated heterocycles. The molecular weight excluding hydrogens is 252 g/mol. The molecule has 0 unspecified atom stereocenters. The normalized spacial score (nSPS) is 14.8. The number of aryl methyl sites for hydroxylation is 2. The van der Waals surface area contributed by atoms with Crippen LogP contribution in [0.25, 0.3) is 0 Å². The van der Waals surface area contributed by atoms with Gasteiger partial charge in [0.15, 0.2) is 0 Å². The van der Waals surface area contributed by atoms with E-state index < -0.39 is 0 Å². The zero-order valence-corrected chi connectivity index (χ0v) is 11.6. The monoisotopic (exact) mass is 268 g/mol. The standard InChI is InChI=1S/C15H16N4O/c1-11-4-3-5-12(6-11)9-19-15(20)7-14(17-19)13-8-16-18(2)10-13/h3-6,8,10H,7,9H2,1-2H3. The number of hydrogen-bond acceptors (Lipinski definition) is 3. The van der Waals surface area contributed by atoms with Crippen LogP contribution in [-0.4, -0.2) is 26.4 Å². The van der Waals surface area contributed by atoms with Gasteiger partial charge in [-0.05, 0) is 12.5 Å². The number of hydrazone groups is 1. The first-order chi connectivity index (χ1) is 9.61. The van der Waals surface area contributed by atoms with Crippen molar-refractivity contribution in [2.75, 3.05) is 0 Å². The fraction of sp³-hybridized carbons (Fsp3) is 0.267. The van der Waals surface area contributed by atoms with Gasteiger partial charge in [0, 0.05) is 18.8 Å². The van der Waals surface area contributed by atoms with Crippen LogP contribution in [0.4, 0.5) is 0 Å². The Hall–Kier alpha value is -2.43. The number of rotatable bonds is 3. The summed E-state index contributed by atoms with van der Waals surface area (Å²) in [5.74, 6) is 0.0327. The number of aromatic nitrogens is 2. The number of carbonyl (C=O) groups excluding carboxylic acids is 1. The van der Waals surface area contributed by atoms with Gasteiger partial charge < -0.3 is 0 Å². The summed E-state index contributed by atoms with van der Waals surface area (Å²) in [4.78, 5) is 12.0. The average Bonchev–Trinajstić information content (AvgIpc) is 2.97. The molecule has 0 spiro atoms. The summed E-state index contributed by atoms with van der Waals surface area (Å²) in [7, 11) is 1.85. The SMILES string of the molecule is Cc1cccc(CN2N=C(c3cnn(C)c3)CC2=O)c1. The fourth-order valence-corrected chi connectivity index (χ4v) is 2.31. The van der Waals surface area contributed by atoms with E-state index >= 15 is 0 Å². The van der Waals surface area contributed by atoms with Gasteiger partial charge >= 0.3 is 0 Å². The smallest absolute Gasteiger partial charge is 0.249 e. The minimum atomic E-state index is 0.0327. The van der Waals surface area contributed by atoms with Crippen molar-refractivity contribution >= 4 is 11.6 Å². The molecule has 2 aromatic rings. The predicted molar refractivity (Wildman–Crippen MR) is 76.1 cm³/mol. The molecule has 1 aromatic heterocycles. The van der Waals surface area contributed by atoms with Crippen molar-refractivity contribution < 1.29 is 4.79 Å². The van der Waals surface area contributed by atoms with Crippen LogP contribution in [0.5, 0.6) is 0 Å². The quantitative estimate of drug-likeness (QED) is 0.853. The van der Waals surface area contributed by atoms with E-state index in [1.807, 2.05) is 38.4 Å². The first-order valence-corrected chi connectivity index (χ1v) is 6.54. The first-order valence-electron chi connectivity index (χ1n) is 6.54. The van der Waals surface area contributed by atoms with Crippen molar-refractivity contribution in [3.63, 3.8) is 0 Å². The third-order valence-corrected chi connectivity index (χ3v) is 3.30. The second kappa shape index (κ2) is 4.92. The minimum absolute atomic E-state index is 0.0327. The molecule has 3 rings (SSSR count). The van der Waals surface area contributed by atoms with Crippen molar-refractivity contribution in [1.82, 2.24) is 14.8 Å². The molecule has 0 radical (unpaired) electrons. The Morgan fingerprint density at radius 2 is 2.20 bits per heavy atom. The average molecular weight is 268 g/mol. The molecule has 0 aliphatic carbocycles. The van der Waals surface area contributed by atoms with Gasteiger partial charge in [0.1, 0.15) is 0 Å². The maximum atomic E-state index is 12.0. The molecule has 0 bridgehead atoms. The summed E-state index contributed by atoms with van der Waals surface area (Å²) >= 11 is 0. The molecular formula is C15H16N4O. The van der Waals surface area contributed by atoms with Crippen molar-refractivity contribution in [3.05, 3.63) is 53.3 Å². The summed E-state index contributed by atoms with van der Waals surface area (Å²) in [6.45, 7) is 2.56. The van der Waals surface area contributed by atoms with Crippen molar-refractivity contribution in [2.45, 2.75) is 19.9 Å². The lowest BCUT2D eigenvalue weighted by Crippen LogP contribution is -2.20. The molecule has 1 aliphatic heterocycles. The molecule has 5 nitrogen and oxygen atoms in total. The Morgan fingerprint density at radius 3 is 2.90 bits per heavy atom. The predicted octanol–water partition coefficient (Wildman–Crippen LogP) is 1.87. The van der Waals surface area contributed by atoms with E-state index in [0.717, 1.165) is 16.8 Å². The summed E-state index contributed by atoms with van der Waals surface area (Å²) in [5, 5.41) is 10.1. The van der Waals surface area contributed by atoms with Gasteiger partial charge in [-0.25, -0.2) is 5.01 Å². The van der Waals surface area contributed by atoms with Crippen LogP contribution in [0.1, 0.15) is 23.1 Å². The van der Waals surface area contributed by atoms with Crippen LogP contribution in [0, 0.1) is 6.92 Å². The van der Waals surface area contributed by atoms with E-state index in [4.69, 9.17) is 0 Å². The first kappa shape index (κ1) is 12.6. The summed E-state index contributed by atoms with van der Waals surface area (Å²) in [6.07, 6.45) is 3.96. The highest BCUT2D eigenvalue weighted by Crippen LogP contribution is 2.17. The number of carbonyl (C=O) groups is 1. The number of benzene rings is 1. The Kier molecular flexibility index (Phi) is 3.10. The van der Waals surface area contributed by atoms with E-state index in [0.29, 0.717) is 13.0 Å². The lowest BCUT2D eigenvalue weighted by molar-refractivity contribution is -0.129. The highest BCUT2D eigenvalue weighted by atomic mass is 16.2. The van der Waals surface area contributed by atoms with Crippen LogP contribution >= 0.6 is 0 Å². The third kappa shape index (κ3) is 2.47. The van der Waals surface area contributed by atoms with Crippen LogP contribution in [-0.2, 0) is 18.4 Å². The molecule has 1 aliphatic rings. The second-order valence-electron chi connectivity index (χ2n) is 5.07. The molecule has 5 heteroatoms. The van der Waals surface area contributed by atoms with E-state index in [9.17, 15) is 4.79 Å². The molecule has 20 heavy (non-hydrogen) atoms.